The van der Waals surface area contributed by atoms with Gasteiger partial charge in [-0.05, 0) is 18.9 Å². The number of carbonyl (C=O) groups is 1. The first-order valence-electron chi connectivity index (χ1n) is 6.25. The Hall–Kier alpha value is -1.17. The molecule has 19 heavy (non-hydrogen) atoms. The molecule has 104 valence electrons. The molecule has 4 nitrogen and oxygen atoms in total. The van der Waals surface area contributed by atoms with Crippen LogP contribution in [0.2, 0.25) is 5.02 Å². The van der Waals surface area contributed by atoms with Crippen LogP contribution in [0.5, 0.6) is 0 Å². The Morgan fingerprint density at radius 1 is 1.47 bits per heavy atom. The Labute approximate surface area is 116 Å². The Kier molecular flexibility index (Phi) is 4.74. The highest BCUT2D eigenvalue weighted by Crippen LogP contribution is 2.18. The van der Waals surface area contributed by atoms with E-state index in [1.54, 1.807) is 12.1 Å². The van der Waals surface area contributed by atoms with Gasteiger partial charge in [0.2, 0.25) is 5.91 Å². The van der Waals surface area contributed by atoms with E-state index in [9.17, 15) is 9.18 Å². The maximum absolute atomic E-state index is 13.6. The van der Waals surface area contributed by atoms with Crippen molar-refractivity contribution < 1.29 is 9.18 Å². The summed E-state index contributed by atoms with van der Waals surface area (Å²) in [4.78, 5) is 11.6. The fraction of sp³-hybridized carbons (Fsp3) is 0.462. The Morgan fingerprint density at radius 2 is 2.21 bits per heavy atom. The lowest BCUT2D eigenvalue weighted by Gasteiger charge is -2.32. The van der Waals surface area contributed by atoms with E-state index in [4.69, 9.17) is 17.3 Å². The largest absolute Gasteiger partial charge is 0.351 e. The lowest BCUT2D eigenvalue weighted by atomic mass is 9.88. The smallest absolute Gasteiger partial charge is 0.234 e. The van der Waals surface area contributed by atoms with Crippen molar-refractivity contribution in [1.82, 2.24) is 10.6 Å². The van der Waals surface area contributed by atoms with Gasteiger partial charge in [0.1, 0.15) is 5.82 Å². The van der Waals surface area contributed by atoms with Crippen molar-refractivity contribution in [3.63, 3.8) is 0 Å². The summed E-state index contributed by atoms with van der Waals surface area (Å²) in [7, 11) is 0. The zero-order chi connectivity index (χ0) is 13.8. The average Bonchev–Trinajstić information content (AvgIpc) is 2.35. The zero-order valence-electron chi connectivity index (χ0n) is 10.5. The number of halogens is 2. The summed E-state index contributed by atoms with van der Waals surface area (Å²) in [5, 5.41) is 5.81. The molecule has 6 heteroatoms. The van der Waals surface area contributed by atoms with Crippen LogP contribution in [0.15, 0.2) is 18.2 Å². The number of amides is 1. The molecule has 1 saturated carbocycles. The molecule has 1 aliphatic rings. The third-order valence-electron chi connectivity index (χ3n) is 3.23. The molecule has 0 bridgehead atoms. The van der Waals surface area contributed by atoms with Crippen molar-refractivity contribution in [3.8, 4) is 0 Å². The highest BCUT2D eigenvalue weighted by molar-refractivity contribution is 6.30. The van der Waals surface area contributed by atoms with E-state index >= 15 is 0 Å². The molecule has 0 radical (unpaired) electrons. The molecule has 1 aliphatic carbocycles. The van der Waals surface area contributed by atoms with Gasteiger partial charge in [-0.3, -0.25) is 4.79 Å². The average molecular weight is 286 g/mol. The van der Waals surface area contributed by atoms with Crippen LogP contribution in [0.3, 0.4) is 0 Å². The molecular formula is C13H17ClFN3O. The van der Waals surface area contributed by atoms with E-state index in [-0.39, 0.29) is 30.1 Å². The Balaban J connectivity index is 1.72. The Bertz CT molecular complexity index is 463. The number of nitrogens with one attached hydrogen (secondary N) is 2. The molecule has 0 saturated heterocycles. The van der Waals surface area contributed by atoms with Gasteiger partial charge in [-0.15, -0.1) is 0 Å². The molecular weight excluding hydrogens is 269 g/mol. The third kappa shape index (κ3) is 3.89. The number of nitrogens with two attached hydrogens (primary N) is 1. The quantitative estimate of drug-likeness (QED) is 0.761. The molecule has 0 atom stereocenters. The fourth-order valence-electron chi connectivity index (χ4n) is 2.01. The summed E-state index contributed by atoms with van der Waals surface area (Å²) in [6.45, 7) is 0.358. The second-order valence-corrected chi connectivity index (χ2v) is 5.21. The number of benzene rings is 1. The molecule has 0 aromatic heterocycles. The summed E-state index contributed by atoms with van der Waals surface area (Å²) in [5.41, 5.74) is 6.03. The predicted molar refractivity (Wildman–Crippen MR) is 72.3 cm³/mol. The topological polar surface area (TPSA) is 67.1 Å². The van der Waals surface area contributed by atoms with Gasteiger partial charge in [0.25, 0.3) is 0 Å². The molecule has 0 unspecified atom stereocenters. The minimum atomic E-state index is -0.484. The van der Waals surface area contributed by atoms with Crippen molar-refractivity contribution in [2.75, 3.05) is 6.54 Å². The molecule has 1 aromatic rings. The second kappa shape index (κ2) is 6.32. The van der Waals surface area contributed by atoms with Gasteiger partial charge in [-0.1, -0.05) is 23.7 Å². The number of carbonyl (C=O) groups excluding carboxylic acids is 1. The number of hydrogen-bond donors (Lipinski definition) is 3. The standard InChI is InChI=1S/C13H17ClFN3O/c14-11-3-1-2-8(13(11)15)6-18-12(19)7-17-10-4-9(16)5-10/h1-3,9-10,17H,4-7,16H2,(H,18,19). The first kappa shape index (κ1) is 14.2. The second-order valence-electron chi connectivity index (χ2n) is 4.80. The third-order valence-corrected chi connectivity index (χ3v) is 3.53. The van der Waals surface area contributed by atoms with Crippen molar-refractivity contribution in [3.05, 3.63) is 34.6 Å². The SMILES string of the molecule is NC1CC(NCC(=O)NCc2cccc(Cl)c2F)C1. The van der Waals surface area contributed by atoms with Crippen molar-refractivity contribution >= 4 is 17.5 Å². The van der Waals surface area contributed by atoms with Gasteiger partial charge in [0, 0.05) is 24.2 Å². The lowest BCUT2D eigenvalue weighted by Crippen LogP contribution is -2.50. The fourth-order valence-corrected chi connectivity index (χ4v) is 2.20. The van der Waals surface area contributed by atoms with E-state index in [0.717, 1.165) is 12.8 Å². The van der Waals surface area contributed by atoms with Crippen LogP contribution in [-0.4, -0.2) is 24.5 Å². The first-order valence-corrected chi connectivity index (χ1v) is 6.62. The summed E-state index contributed by atoms with van der Waals surface area (Å²) in [6, 6.07) is 5.30. The predicted octanol–water partition coefficient (Wildman–Crippen LogP) is 1.17. The first-order chi connectivity index (χ1) is 9.06. The van der Waals surface area contributed by atoms with E-state index in [1.165, 1.54) is 6.07 Å². The monoisotopic (exact) mass is 285 g/mol. The summed E-state index contributed by atoms with van der Waals surface area (Å²) in [6.07, 6.45) is 1.80. The number of hydrogen-bond acceptors (Lipinski definition) is 3. The minimum absolute atomic E-state index is 0.0633. The molecule has 0 aliphatic heterocycles. The van der Waals surface area contributed by atoms with Crippen molar-refractivity contribution in [2.24, 2.45) is 5.73 Å². The molecule has 0 spiro atoms. The van der Waals surface area contributed by atoms with Gasteiger partial charge >= 0.3 is 0 Å². The van der Waals surface area contributed by atoms with Gasteiger partial charge in [0.15, 0.2) is 0 Å². The van der Waals surface area contributed by atoms with Crippen LogP contribution < -0.4 is 16.4 Å². The number of rotatable bonds is 5. The van der Waals surface area contributed by atoms with Crippen LogP contribution in [0, 0.1) is 5.82 Å². The summed E-state index contributed by atoms with van der Waals surface area (Å²) >= 11 is 5.66. The van der Waals surface area contributed by atoms with Crippen LogP contribution >= 0.6 is 11.6 Å². The van der Waals surface area contributed by atoms with Crippen LogP contribution in [0.25, 0.3) is 0 Å². The molecule has 0 heterocycles. The summed E-state index contributed by atoms with van der Waals surface area (Å²) in [5.74, 6) is -0.651. The van der Waals surface area contributed by atoms with Gasteiger partial charge < -0.3 is 16.4 Å². The molecule has 2 rings (SSSR count). The van der Waals surface area contributed by atoms with E-state index in [1.807, 2.05) is 0 Å². The van der Waals surface area contributed by atoms with E-state index in [2.05, 4.69) is 10.6 Å². The highest BCUT2D eigenvalue weighted by Gasteiger charge is 2.25. The normalized spacial score (nSPS) is 21.8. The van der Waals surface area contributed by atoms with E-state index in [0.29, 0.717) is 11.6 Å². The van der Waals surface area contributed by atoms with Gasteiger partial charge in [-0.25, -0.2) is 4.39 Å². The zero-order valence-corrected chi connectivity index (χ0v) is 11.2. The van der Waals surface area contributed by atoms with Crippen LogP contribution in [-0.2, 0) is 11.3 Å². The van der Waals surface area contributed by atoms with Crippen LogP contribution in [0.4, 0.5) is 4.39 Å². The van der Waals surface area contributed by atoms with Crippen molar-refractivity contribution in [2.45, 2.75) is 31.5 Å². The van der Waals surface area contributed by atoms with Gasteiger partial charge in [-0.2, -0.15) is 0 Å². The maximum Gasteiger partial charge on any atom is 0.234 e. The molecule has 1 amide bonds. The van der Waals surface area contributed by atoms with Gasteiger partial charge in [0.05, 0.1) is 11.6 Å². The highest BCUT2D eigenvalue weighted by atomic mass is 35.5. The molecule has 1 fully saturated rings. The van der Waals surface area contributed by atoms with E-state index < -0.39 is 5.82 Å². The van der Waals surface area contributed by atoms with Crippen molar-refractivity contribution in [1.29, 1.82) is 0 Å². The van der Waals surface area contributed by atoms with Crippen LogP contribution in [0.1, 0.15) is 18.4 Å². The maximum atomic E-state index is 13.6. The summed E-state index contributed by atoms with van der Waals surface area (Å²) < 4.78 is 13.6. The minimum Gasteiger partial charge on any atom is -0.351 e. The molecule has 4 N–H and O–H groups in total. The molecule has 1 aromatic carbocycles. The lowest BCUT2D eigenvalue weighted by molar-refractivity contribution is -0.120. The Morgan fingerprint density at radius 3 is 2.89 bits per heavy atom.